The molecule has 0 amide bonds. The first-order chi connectivity index (χ1) is 7.81. The normalized spacial score (nSPS) is 20.7. The van der Waals surface area contributed by atoms with E-state index >= 15 is 0 Å². The van der Waals surface area contributed by atoms with Gasteiger partial charge in [0.25, 0.3) is 0 Å². The minimum absolute atomic E-state index is 0.229. The number of pyridine rings is 1. The van der Waals surface area contributed by atoms with Gasteiger partial charge in [-0.2, -0.15) is 0 Å². The SMILES string of the molecule is Fc1ccn2cc(CC3CCNC3)nc2c1. The molecule has 16 heavy (non-hydrogen) atoms. The molecule has 84 valence electrons. The zero-order chi connectivity index (χ0) is 11.0. The molecule has 1 N–H and O–H groups in total. The van der Waals surface area contributed by atoms with Crippen LogP contribution in [0.5, 0.6) is 0 Å². The summed E-state index contributed by atoms with van der Waals surface area (Å²) in [6.45, 7) is 2.18. The lowest BCUT2D eigenvalue weighted by molar-refractivity contribution is 0.573. The molecule has 0 spiro atoms. The molecular weight excluding hydrogens is 205 g/mol. The second-order valence-electron chi connectivity index (χ2n) is 4.41. The lowest BCUT2D eigenvalue weighted by atomic mass is 10.0. The minimum atomic E-state index is -0.229. The first-order valence-corrected chi connectivity index (χ1v) is 5.65. The van der Waals surface area contributed by atoms with Gasteiger partial charge in [-0.05, 0) is 37.9 Å². The van der Waals surface area contributed by atoms with Gasteiger partial charge in [0.05, 0.1) is 5.69 Å². The first kappa shape index (κ1) is 9.78. The van der Waals surface area contributed by atoms with Gasteiger partial charge in [0.1, 0.15) is 11.5 Å². The number of hydrogen-bond acceptors (Lipinski definition) is 2. The molecule has 0 saturated carbocycles. The van der Waals surface area contributed by atoms with Crippen molar-refractivity contribution in [3.63, 3.8) is 0 Å². The van der Waals surface area contributed by atoms with Crippen LogP contribution in [0.2, 0.25) is 0 Å². The van der Waals surface area contributed by atoms with Crippen molar-refractivity contribution in [2.75, 3.05) is 13.1 Å². The molecule has 3 nitrogen and oxygen atoms in total. The van der Waals surface area contributed by atoms with Crippen LogP contribution in [-0.4, -0.2) is 22.5 Å². The van der Waals surface area contributed by atoms with Crippen LogP contribution in [0.25, 0.3) is 5.65 Å². The zero-order valence-corrected chi connectivity index (χ0v) is 8.99. The predicted octanol–water partition coefficient (Wildman–Crippen LogP) is 1.63. The fourth-order valence-electron chi connectivity index (χ4n) is 2.29. The van der Waals surface area contributed by atoms with Crippen LogP contribution in [0.1, 0.15) is 12.1 Å². The molecule has 3 heterocycles. The highest BCUT2D eigenvalue weighted by molar-refractivity contribution is 5.40. The summed E-state index contributed by atoms with van der Waals surface area (Å²) in [7, 11) is 0. The van der Waals surface area contributed by atoms with Crippen LogP contribution < -0.4 is 5.32 Å². The number of rotatable bonds is 2. The number of fused-ring (bicyclic) bond motifs is 1. The Morgan fingerprint density at radius 1 is 1.56 bits per heavy atom. The maximum atomic E-state index is 13.0. The molecule has 1 unspecified atom stereocenters. The van der Waals surface area contributed by atoms with Crippen molar-refractivity contribution < 1.29 is 4.39 Å². The molecule has 0 aliphatic carbocycles. The first-order valence-electron chi connectivity index (χ1n) is 5.65. The van der Waals surface area contributed by atoms with Crippen molar-refractivity contribution in [2.24, 2.45) is 5.92 Å². The van der Waals surface area contributed by atoms with Crippen molar-refractivity contribution >= 4 is 5.65 Å². The van der Waals surface area contributed by atoms with Gasteiger partial charge in [-0.1, -0.05) is 0 Å². The monoisotopic (exact) mass is 219 g/mol. The van der Waals surface area contributed by atoms with Gasteiger partial charge in [0.15, 0.2) is 0 Å². The standard InChI is InChI=1S/C12H14FN3/c13-10-2-4-16-8-11(15-12(16)6-10)5-9-1-3-14-7-9/h2,4,6,8-9,14H,1,3,5,7H2. The van der Waals surface area contributed by atoms with Crippen LogP contribution in [0, 0.1) is 11.7 Å². The largest absolute Gasteiger partial charge is 0.316 e. The second kappa shape index (κ2) is 3.87. The molecule has 2 aromatic heterocycles. The van der Waals surface area contributed by atoms with Crippen molar-refractivity contribution in [1.29, 1.82) is 0 Å². The van der Waals surface area contributed by atoms with E-state index in [1.165, 1.54) is 18.6 Å². The van der Waals surface area contributed by atoms with Crippen LogP contribution >= 0.6 is 0 Å². The number of nitrogens with one attached hydrogen (secondary N) is 1. The van der Waals surface area contributed by atoms with Crippen LogP contribution in [0.15, 0.2) is 24.5 Å². The fraction of sp³-hybridized carbons (Fsp3) is 0.417. The third-order valence-corrected chi connectivity index (χ3v) is 3.13. The average molecular weight is 219 g/mol. The van der Waals surface area contributed by atoms with Gasteiger partial charge in [-0.25, -0.2) is 9.37 Å². The van der Waals surface area contributed by atoms with Gasteiger partial charge in [0, 0.05) is 18.5 Å². The molecule has 1 atom stereocenters. The highest BCUT2D eigenvalue weighted by Gasteiger charge is 2.16. The summed E-state index contributed by atoms with van der Waals surface area (Å²) in [5.74, 6) is 0.446. The second-order valence-corrected chi connectivity index (χ2v) is 4.41. The third-order valence-electron chi connectivity index (χ3n) is 3.13. The topological polar surface area (TPSA) is 29.3 Å². The third kappa shape index (κ3) is 1.80. The molecule has 1 fully saturated rings. The molecular formula is C12H14FN3. The van der Waals surface area contributed by atoms with Crippen LogP contribution in [0.4, 0.5) is 4.39 Å². The highest BCUT2D eigenvalue weighted by Crippen LogP contribution is 2.15. The predicted molar refractivity (Wildman–Crippen MR) is 59.8 cm³/mol. The van der Waals surface area contributed by atoms with E-state index in [4.69, 9.17) is 0 Å². The Hall–Kier alpha value is -1.42. The zero-order valence-electron chi connectivity index (χ0n) is 8.99. The number of nitrogens with zero attached hydrogens (tertiary/aromatic N) is 2. The summed E-state index contributed by atoms with van der Waals surface area (Å²) < 4.78 is 14.9. The van der Waals surface area contributed by atoms with E-state index in [2.05, 4.69) is 10.3 Å². The van der Waals surface area contributed by atoms with Crippen molar-refractivity contribution in [1.82, 2.24) is 14.7 Å². The van der Waals surface area contributed by atoms with Crippen molar-refractivity contribution in [3.05, 3.63) is 36.0 Å². The number of hydrogen-bond donors (Lipinski definition) is 1. The Kier molecular flexibility index (Phi) is 2.36. The number of aromatic nitrogens is 2. The molecule has 1 aliphatic rings. The molecule has 0 radical (unpaired) electrons. The highest BCUT2D eigenvalue weighted by atomic mass is 19.1. The van der Waals surface area contributed by atoms with Crippen LogP contribution in [-0.2, 0) is 6.42 Å². The van der Waals surface area contributed by atoms with E-state index in [0.717, 1.165) is 25.2 Å². The van der Waals surface area contributed by atoms with E-state index in [0.29, 0.717) is 11.6 Å². The quantitative estimate of drug-likeness (QED) is 0.831. The molecule has 0 aromatic carbocycles. The van der Waals surface area contributed by atoms with E-state index in [9.17, 15) is 4.39 Å². The number of halogens is 1. The maximum Gasteiger partial charge on any atom is 0.139 e. The van der Waals surface area contributed by atoms with E-state index in [1.807, 2.05) is 10.6 Å². The summed E-state index contributed by atoms with van der Waals surface area (Å²) >= 11 is 0. The molecule has 4 heteroatoms. The fourth-order valence-corrected chi connectivity index (χ4v) is 2.29. The Morgan fingerprint density at radius 3 is 3.31 bits per heavy atom. The smallest absolute Gasteiger partial charge is 0.139 e. The lowest BCUT2D eigenvalue weighted by Gasteiger charge is -2.03. The van der Waals surface area contributed by atoms with Gasteiger partial charge in [-0.3, -0.25) is 0 Å². The molecule has 0 bridgehead atoms. The summed E-state index contributed by atoms with van der Waals surface area (Å²) in [4.78, 5) is 4.43. The summed E-state index contributed by atoms with van der Waals surface area (Å²) in [5.41, 5.74) is 1.75. The molecule has 1 aliphatic heterocycles. The van der Waals surface area contributed by atoms with Gasteiger partial charge >= 0.3 is 0 Å². The Bertz CT molecular complexity index is 500. The molecule has 1 saturated heterocycles. The van der Waals surface area contributed by atoms with E-state index in [-0.39, 0.29) is 5.82 Å². The van der Waals surface area contributed by atoms with Gasteiger partial charge in [0.2, 0.25) is 0 Å². The average Bonchev–Trinajstić information content (AvgIpc) is 2.86. The molecule has 2 aromatic rings. The Labute approximate surface area is 93.3 Å². The van der Waals surface area contributed by atoms with Crippen molar-refractivity contribution in [3.8, 4) is 0 Å². The van der Waals surface area contributed by atoms with Gasteiger partial charge < -0.3 is 9.72 Å². The Balaban J connectivity index is 1.86. The molecule has 3 rings (SSSR count). The van der Waals surface area contributed by atoms with Crippen molar-refractivity contribution in [2.45, 2.75) is 12.8 Å². The summed E-state index contributed by atoms with van der Waals surface area (Å²) in [6.07, 6.45) is 5.90. The summed E-state index contributed by atoms with van der Waals surface area (Å²) in [6, 6.07) is 2.92. The number of imidazole rings is 1. The Morgan fingerprint density at radius 2 is 2.50 bits per heavy atom. The maximum absolute atomic E-state index is 13.0. The van der Waals surface area contributed by atoms with E-state index < -0.39 is 0 Å². The lowest BCUT2D eigenvalue weighted by Crippen LogP contribution is -2.10. The summed E-state index contributed by atoms with van der Waals surface area (Å²) in [5, 5.41) is 3.34. The van der Waals surface area contributed by atoms with Crippen LogP contribution in [0.3, 0.4) is 0 Å². The van der Waals surface area contributed by atoms with E-state index in [1.54, 1.807) is 6.20 Å². The minimum Gasteiger partial charge on any atom is -0.316 e. The van der Waals surface area contributed by atoms with Gasteiger partial charge in [-0.15, -0.1) is 0 Å².